The van der Waals surface area contributed by atoms with Crippen molar-refractivity contribution in [3.05, 3.63) is 53.7 Å². The molecular formula is C22H31F2IN4O3. The number of benzene rings is 1. The third-order valence-corrected chi connectivity index (χ3v) is 4.29. The summed E-state index contributed by atoms with van der Waals surface area (Å²) in [5, 5.41) is 16.6. The van der Waals surface area contributed by atoms with Crippen LogP contribution in [0.15, 0.2) is 47.6 Å². The summed E-state index contributed by atoms with van der Waals surface area (Å²) in [5.41, 5.74) is 1.44. The zero-order valence-electron chi connectivity index (χ0n) is 18.3. The topological polar surface area (TPSA) is 88.0 Å². The molecule has 1 unspecified atom stereocenters. The Morgan fingerprint density at radius 1 is 1.16 bits per heavy atom. The molecule has 2 aromatic rings. The number of ether oxygens (including phenoxy) is 2. The zero-order chi connectivity index (χ0) is 22.5. The van der Waals surface area contributed by atoms with E-state index >= 15 is 0 Å². The van der Waals surface area contributed by atoms with E-state index in [1.807, 2.05) is 19.1 Å². The Hall–Kier alpha value is -2.21. The standard InChI is InChI=1S/C22H30F2N4O3.HI/c1-3-5-13-30-20-17(7-6-12-26-20)14-27-22(25-4-2)28-15-19(29)16-8-10-18(11-9-16)31-21(23)24;/h6-12,19,21,29H,3-5,13-15H2,1-2H3,(H2,25,27,28);1H. The van der Waals surface area contributed by atoms with Crippen LogP contribution in [0.3, 0.4) is 0 Å². The third kappa shape index (κ3) is 9.94. The molecule has 10 heteroatoms. The smallest absolute Gasteiger partial charge is 0.387 e. The number of guanidine groups is 1. The molecule has 0 spiro atoms. The number of aromatic nitrogens is 1. The fourth-order valence-corrected chi connectivity index (χ4v) is 2.68. The van der Waals surface area contributed by atoms with Crippen molar-refractivity contribution in [3.63, 3.8) is 0 Å². The second-order valence-corrected chi connectivity index (χ2v) is 6.71. The van der Waals surface area contributed by atoms with Crippen LogP contribution in [0.1, 0.15) is 43.9 Å². The quantitative estimate of drug-likeness (QED) is 0.155. The fraction of sp³-hybridized carbons (Fsp3) is 0.455. The monoisotopic (exact) mass is 564 g/mol. The van der Waals surface area contributed by atoms with E-state index in [1.165, 1.54) is 12.1 Å². The van der Waals surface area contributed by atoms with Gasteiger partial charge in [0, 0.05) is 24.8 Å². The average molecular weight is 564 g/mol. The molecule has 2 rings (SSSR count). The van der Waals surface area contributed by atoms with E-state index in [0.29, 0.717) is 37.1 Å². The Bertz CT molecular complexity index is 810. The van der Waals surface area contributed by atoms with Crippen molar-refractivity contribution in [1.82, 2.24) is 15.6 Å². The molecule has 1 aromatic carbocycles. The lowest BCUT2D eigenvalue weighted by atomic mass is 10.1. The number of unbranched alkanes of at least 4 members (excludes halogenated alkanes) is 1. The van der Waals surface area contributed by atoms with Crippen LogP contribution in [-0.4, -0.2) is 42.4 Å². The lowest BCUT2D eigenvalue weighted by Gasteiger charge is -2.16. The van der Waals surface area contributed by atoms with Crippen LogP contribution in [0.4, 0.5) is 8.78 Å². The van der Waals surface area contributed by atoms with E-state index in [1.54, 1.807) is 18.3 Å². The number of aliphatic hydroxyl groups is 1. The maximum atomic E-state index is 12.2. The number of aliphatic imine (C=N–C) groups is 1. The number of nitrogens with one attached hydrogen (secondary N) is 2. The van der Waals surface area contributed by atoms with Gasteiger partial charge in [0.15, 0.2) is 5.96 Å². The van der Waals surface area contributed by atoms with Gasteiger partial charge in [0.05, 0.1) is 19.3 Å². The first-order chi connectivity index (χ1) is 15.0. The highest BCUT2D eigenvalue weighted by molar-refractivity contribution is 14.0. The number of hydrogen-bond donors (Lipinski definition) is 3. The fourth-order valence-electron chi connectivity index (χ4n) is 2.68. The Morgan fingerprint density at radius 2 is 1.91 bits per heavy atom. The van der Waals surface area contributed by atoms with E-state index in [-0.39, 0.29) is 36.3 Å². The molecule has 0 saturated carbocycles. The molecule has 0 aliphatic heterocycles. The summed E-state index contributed by atoms with van der Waals surface area (Å²) in [6, 6.07) is 9.63. The minimum Gasteiger partial charge on any atom is -0.477 e. The normalized spacial score (nSPS) is 12.1. The number of nitrogens with zero attached hydrogens (tertiary/aromatic N) is 2. The van der Waals surface area contributed by atoms with Gasteiger partial charge in [-0.1, -0.05) is 31.5 Å². The van der Waals surface area contributed by atoms with E-state index < -0.39 is 12.7 Å². The first-order valence-electron chi connectivity index (χ1n) is 10.3. The van der Waals surface area contributed by atoms with Gasteiger partial charge in [-0.15, -0.1) is 24.0 Å². The van der Waals surface area contributed by atoms with Gasteiger partial charge in [-0.05, 0) is 37.1 Å². The number of hydrogen-bond acceptors (Lipinski definition) is 5. The van der Waals surface area contributed by atoms with Crippen molar-refractivity contribution in [2.24, 2.45) is 4.99 Å². The van der Waals surface area contributed by atoms with Crippen molar-refractivity contribution in [3.8, 4) is 11.6 Å². The SMILES string of the molecule is CCCCOc1ncccc1CN=C(NCC)NCC(O)c1ccc(OC(F)F)cc1.I. The van der Waals surface area contributed by atoms with Crippen LogP contribution < -0.4 is 20.1 Å². The molecule has 1 aromatic heterocycles. The van der Waals surface area contributed by atoms with Gasteiger partial charge in [-0.2, -0.15) is 8.78 Å². The van der Waals surface area contributed by atoms with Crippen molar-refractivity contribution < 1.29 is 23.4 Å². The molecule has 1 heterocycles. The van der Waals surface area contributed by atoms with Gasteiger partial charge in [-0.3, -0.25) is 0 Å². The van der Waals surface area contributed by atoms with Crippen LogP contribution in [0.25, 0.3) is 0 Å². The minimum absolute atomic E-state index is 0. The lowest BCUT2D eigenvalue weighted by molar-refractivity contribution is -0.0498. The predicted molar refractivity (Wildman–Crippen MR) is 131 cm³/mol. The molecule has 0 saturated heterocycles. The van der Waals surface area contributed by atoms with Gasteiger partial charge in [0.2, 0.25) is 5.88 Å². The molecule has 0 aliphatic rings. The molecule has 0 radical (unpaired) electrons. The van der Waals surface area contributed by atoms with E-state index in [0.717, 1.165) is 18.4 Å². The molecule has 0 aliphatic carbocycles. The van der Waals surface area contributed by atoms with Crippen LogP contribution in [0.5, 0.6) is 11.6 Å². The Kier molecular flexibility index (Phi) is 13.5. The average Bonchev–Trinajstić information content (AvgIpc) is 2.76. The molecule has 0 bridgehead atoms. The molecular weight excluding hydrogens is 533 g/mol. The second kappa shape index (κ2) is 15.6. The van der Waals surface area contributed by atoms with Crippen molar-refractivity contribution >= 4 is 29.9 Å². The van der Waals surface area contributed by atoms with E-state index in [9.17, 15) is 13.9 Å². The highest BCUT2D eigenvalue weighted by atomic mass is 127. The lowest BCUT2D eigenvalue weighted by Crippen LogP contribution is -2.39. The highest BCUT2D eigenvalue weighted by Gasteiger charge is 2.11. The number of halogens is 3. The van der Waals surface area contributed by atoms with Crippen LogP contribution >= 0.6 is 24.0 Å². The number of rotatable bonds is 12. The summed E-state index contributed by atoms with van der Waals surface area (Å²) in [6.07, 6.45) is 2.83. The van der Waals surface area contributed by atoms with Crippen molar-refractivity contribution in [1.29, 1.82) is 0 Å². The summed E-state index contributed by atoms with van der Waals surface area (Å²) >= 11 is 0. The van der Waals surface area contributed by atoms with E-state index in [4.69, 9.17) is 4.74 Å². The van der Waals surface area contributed by atoms with Gasteiger partial charge in [0.25, 0.3) is 0 Å². The summed E-state index contributed by atoms with van der Waals surface area (Å²) < 4.78 is 34.6. The number of alkyl halides is 2. The molecule has 0 fully saturated rings. The number of pyridine rings is 1. The summed E-state index contributed by atoms with van der Waals surface area (Å²) in [4.78, 5) is 8.83. The molecule has 3 N–H and O–H groups in total. The van der Waals surface area contributed by atoms with E-state index in [2.05, 4.69) is 32.3 Å². The third-order valence-electron chi connectivity index (χ3n) is 4.29. The molecule has 1 atom stereocenters. The highest BCUT2D eigenvalue weighted by Crippen LogP contribution is 2.19. The van der Waals surface area contributed by atoms with Crippen LogP contribution in [-0.2, 0) is 6.54 Å². The van der Waals surface area contributed by atoms with Crippen molar-refractivity contribution in [2.45, 2.75) is 45.9 Å². The first kappa shape index (κ1) is 27.8. The molecule has 0 amide bonds. The first-order valence-corrected chi connectivity index (χ1v) is 10.3. The van der Waals surface area contributed by atoms with Crippen molar-refractivity contribution in [2.75, 3.05) is 19.7 Å². The molecule has 178 valence electrons. The van der Waals surface area contributed by atoms with Crippen LogP contribution in [0.2, 0.25) is 0 Å². The van der Waals surface area contributed by atoms with Gasteiger partial charge >= 0.3 is 6.61 Å². The summed E-state index contributed by atoms with van der Waals surface area (Å²) in [6.45, 7) is 2.97. The maximum Gasteiger partial charge on any atom is 0.387 e. The Balaban J connectivity index is 0.00000512. The minimum atomic E-state index is -2.88. The van der Waals surface area contributed by atoms with Gasteiger partial charge in [0.1, 0.15) is 5.75 Å². The Morgan fingerprint density at radius 3 is 2.56 bits per heavy atom. The second-order valence-electron chi connectivity index (χ2n) is 6.71. The molecule has 7 nitrogen and oxygen atoms in total. The maximum absolute atomic E-state index is 12.2. The molecule has 32 heavy (non-hydrogen) atoms. The summed E-state index contributed by atoms with van der Waals surface area (Å²) in [5.74, 6) is 1.14. The largest absolute Gasteiger partial charge is 0.477 e. The zero-order valence-corrected chi connectivity index (χ0v) is 20.6. The predicted octanol–water partition coefficient (Wildman–Crippen LogP) is 4.27. The Labute approximate surface area is 204 Å². The van der Waals surface area contributed by atoms with Gasteiger partial charge in [-0.25, -0.2) is 9.98 Å². The van der Waals surface area contributed by atoms with Gasteiger partial charge < -0.3 is 25.2 Å². The van der Waals surface area contributed by atoms with Crippen LogP contribution in [0, 0.1) is 0 Å². The summed E-state index contributed by atoms with van der Waals surface area (Å²) in [7, 11) is 0. The number of aliphatic hydroxyl groups excluding tert-OH is 1.